The van der Waals surface area contributed by atoms with Crippen molar-refractivity contribution >= 4 is 17.7 Å². The number of aryl methyl sites for hydroxylation is 1. The van der Waals surface area contributed by atoms with Crippen LogP contribution in [0.3, 0.4) is 0 Å². The Morgan fingerprint density at radius 1 is 1.13 bits per heavy atom. The van der Waals surface area contributed by atoms with Crippen LogP contribution in [0.15, 0.2) is 18.2 Å². The fourth-order valence-corrected chi connectivity index (χ4v) is 4.68. The van der Waals surface area contributed by atoms with Gasteiger partial charge in [0.1, 0.15) is 5.82 Å². The molecule has 0 aliphatic carbocycles. The summed E-state index contributed by atoms with van der Waals surface area (Å²) in [5, 5.41) is 0. The second-order valence-electron chi connectivity index (χ2n) is 6.54. The molecule has 3 nitrogen and oxygen atoms in total. The molecule has 1 amide bonds. The van der Waals surface area contributed by atoms with Crippen molar-refractivity contribution in [3.8, 4) is 0 Å². The van der Waals surface area contributed by atoms with Gasteiger partial charge in [-0.1, -0.05) is 0 Å². The van der Waals surface area contributed by atoms with Gasteiger partial charge in [0.2, 0.25) is 0 Å². The normalized spacial score (nSPS) is 21.2. The summed E-state index contributed by atoms with van der Waals surface area (Å²) in [6, 6.07) is 5.29. The van der Waals surface area contributed by atoms with Crippen molar-refractivity contribution in [1.29, 1.82) is 0 Å². The largest absolute Gasteiger partial charge is 0.337 e. The van der Waals surface area contributed by atoms with Gasteiger partial charge in [0, 0.05) is 37.8 Å². The summed E-state index contributed by atoms with van der Waals surface area (Å²) >= 11 is 2.05. The lowest BCUT2D eigenvalue weighted by Gasteiger charge is -2.33. The van der Waals surface area contributed by atoms with Crippen LogP contribution in [0.4, 0.5) is 4.39 Å². The molecule has 3 rings (SSSR count). The molecule has 2 aliphatic rings. The van der Waals surface area contributed by atoms with Crippen LogP contribution in [-0.4, -0.2) is 59.4 Å². The Labute approximate surface area is 142 Å². The number of carbonyl (C=O) groups is 1. The van der Waals surface area contributed by atoms with Gasteiger partial charge in [0.15, 0.2) is 0 Å². The third kappa shape index (κ3) is 4.27. The molecule has 0 aromatic heterocycles. The summed E-state index contributed by atoms with van der Waals surface area (Å²) in [6.07, 6.45) is 3.53. The van der Waals surface area contributed by atoms with Crippen molar-refractivity contribution in [2.24, 2.45) is 0 Å². The minimum absolute atomic E-state index is 0.0337. The molecule has 0 spiro atoms. The summed E-state index contributed by atoms with van der Waals surface area (Å²) in [6.45, 7) is 5.35. The molecule has 0 bridgehead atoms. The predicted octanol–water partition coefficient (Wildman–Crippen LogP) is 3.18. The van der Waals surface area contributed by atoms with E-state index in [0.29, 0.717) is 11.6 Å². The Bertz CT molecular complexity index is 540. The van der Waals surface area contributed by atoms with E-state index >= 15 is 0 Å². The topological polar surface area (TPSA) is 23.6 Å². The maximum atomic E-state index is 13.6. The first kappa shape index (κ1) is 16.8. The average molecular weight is 336 g/mol. The van der Waals surface area contributed by atoms with Crippen molar-refractivity contribution in [2.75, 3.05) is 37.7 Å². The average Bonchev–Trinajstić information content (AvgIpc) is 2.80. The van der Waals surface area contributed by atoms with Gasteiger partial charge in [-0.3, -0.25) is 9.69 Å². The molecular formula is C18H25FN2OS. The summed E-state index contributed by atoms with van der Waals surface area (Å²) in [4.78, 5) is 17.1. The Morgan fingerprint density at radius 2 is 1.91 bits per heavy atom. The molecule has 1 aromatic rings. The lowest BCUT2D eigenvalue weighted by Crippen LogP contribution is -2.41. The second kappa shape index (κ2) is 7.67. The zero-order valence-corrected chi connectivity index (χ0v) is 14.6. The number of nitrogens with zero attached hydrogens (tertiary/aromatic N) is 2. The number of rotatable bonds is 2. The highest BCUT2D eigenvalue weighted by molar-refractivity contribution is 7.99. The Hall–Kier alpha value is -1.07. The number of halogens is 1. The molecule has 0 atom stereocenters. The van der Waals surface area contributed by atoms with Gasteiger partial charge in [-0.2, -0.15) is 11.8 Å². The lowest BCUT2D eigenvalue weighted by molar-refractivity contribution is 0.0756. The van der Waals surface area contributed by atoms with E-state index in [9.17, 15) is 9.18 Å². The van der Waals surface area contributed by atoms with Gasteiger partial charge < -0.3 is 4.90 Å². The third-order valence-corrected chi connectivity index (χ3v) is 5.86. The van der Waals surface area contributed by atoms with Crippen molar-refractivity contribution in [3.63, 3.8) is 0 Å². The van der Waals surface area contributed by atoms with E-state index in [4.69, 9.17) is 0 Å². The number of benzene rings is 1. The standard InChI is InChI=1S/C18H25FN2OS/c1-14-11-15(13-16(19)12-14)18(22)21-6-2-5-20(7-8-21)17-3-9-23-10-4-17/h11-13,17H,2-10H2,1H3. The fraction of sp³-hybridized carbons (Fsp3) is 0.611. The van der Waals surface area contributed by atoms with Crippen molar-refractivity contribution in [3.05, 3.63) is 35.1 Å². The molecule has 126 valence electrons. The van der Waals surface area contributed by atoms with E-state index in [1.807, 2.05) is 23.6 Å². The van der Waals surface area contributed by atoms with Crippen LogP contribution in [-0.2, 0) is 0 Å². The Morgan fingerprint density at radius 3 is 2.65 bits per heavy atom. The van der Waals surface area contributed by atoms with Gasteiger partial charge in [-0.15, -0.1) is 0 Å². The van der Waals surface area contributed by atoms with Crippen LogP contribution in [0.1, 0.15) is 35.2 Å². The monoisotopic (exact) mass is 336 g/mol. The summed E-state index contributed by atoms with van der Waals surface area (Å²) < 4.78 is 13.6. The summed E-state index contributed by atoms with van der Waals surface area (Å²) in [7, 11) is 0. The third-order valence-electron chi connectivity index (χ3n) is 4.81. The summed E-state index contributed by atoms with van der Waals surface area (Å²) in [5.41, 5.74) is 1.27. The number of amides is 1. The quantitative estimate of drug-likeness (QED) is 0.829. The van der Waals surface area contributed by atoms with Crippen LogP contribution < -0.4 is 0 Å². The highest BCUT2D eigenvalue weighted by Crippen LogP contribution is 2.23. The maximum absolute atomic E-state index is 13.6. The van der Waals surface area contributed by atoms with E-state index in [-0.39, 0.29) is 11.7 Å². The highest BCUT2D eigenvalue weighted by atomic mass is 32.2. The molecule has 2 saturated heterocycles. The molecule has 0 saturated carbocycles. The maximum Gasteiger partial charge on any atom is 0.254 e. The predicted molar refractivity (Wildman–Crippen MR) is 93.6 cm³/mol. The van der Waals surface area contributed by atoms with E-state index in [0.717, 1.165) is 38.2 Å². The van der Waals surface area contributed by atoms with Gasteiger partial charge in [-0.05, 0) is 61.5 Å². The fourth-order valence-electron chi connectivity index (χ4n) is 3.60. The first-order chi connectivity index (χ1) is 11.1. The smallest absolute Gasteiger partial charge is 0.254 e. The molecule has 1 aromatic carbocycles. The Balaban J connectivity index is 1.63. The minimum atomic E-state index is -0.329. The van der Waals surface area contributed by atoms with E-state index in [2.05, 4.69) is 4.90 Å². The van der Waals surface area contributed by atoms with Crippen LogP contribution in [0.2, 0.25) is 0 Å². The molecule has 2 aliphatic heterocycles. The molecule has 0 radical (unpaired) electrons. The first-order valence-corrected chi connectivity index (χ1v) is 9.67. The van der Waals surface area contributed by atoms with Gasteiger partial charge in [0.25, 0.3) is 5.91 Å². The zero-order valence-electron chi connectivity index (χ0n) is 13.8. The lowest BCUT2D eigenvalue weighted by atomic mass is 10.1. The van der Waals surface area contributed by atoms with Crippen molar-refractivity contribution in [1.82, 2.24) is 9.80 Å². The van der Waals surface area contributed by atoms with E-state index in [1.54, 1.807) is 6.07 Å². The number of carbonyl (C=O) groups excluding carboxylic acids is 1. The number of thioether (sulfide) groups is 1. The van der Waals surface area contributed by atoms with E-state index in [1.165, 1.54) is 36.5 Å². The zero-order chi connectivity index (χ0) is 16.2. The van der Waals surface area contributed by atoms with Crippen LogP contribution in [0.5, 0.6) is 0 Å². The van der Waals surface area contributed by atoms with Gasteiger partial charge >= 0.3 is 0 Å². The molecule has 0 unspecified atom stereocenters. The molecular weight excluding hydrogens is 311 g/mol. The van der Waals surface area contributed by atoms with Gasteiger partial charge in [0.05, 0.1) is 0 Å². The number of hydrogen-bond acceptors (Lipinski definition) is 3. The van der Waals surface area contributed by atoms with Crippen molar-refractivity contribution in [2.45, 2.75) is 32.2 Å². The molecule has 2 fully saturated rings. The van der Waals surface area contributed by atoms with Crippen LogP contribution in [0.25, 0.3) is 0 Å². The highest BCUT2D eigenvalue weighted by Gasteiger charge is 2.26. The molecule has 2 heterocycles. The Kier molecular flexibility index (Phi) is 5.59. The van der Waals surface area contributed by atoms with Crippen LogP contribution >= 0.6 is 11.8 Å². The van der Waals surface area contributed by atoms with Crippen LogP contribution in [0, 0.1) is 12.7 Å². The molecule has 23 heavy (non-hydrogen) atoms. The molecule has 0 N–H and O–H groups in total. The second-order valence-corrected chi connectivity index (χ2v) is 7.77. The van der Waals surface area contributed by atoms with Gasteiger partial charge in [-0.25, -0.2) is 4.39 Å². The molecule has 5 heteroatoms. The summed E-state index contributed by atoms with van der Waals surface area (Å²) in [5.74, 6) is 2.15. The van der Waals surface area contributed by atoms with E-state index < -0.39 is 0 Å². The SMILES string of the molecule is Cc1cc(F)cc(C(=O)N2CCCN(C3CCSCC3)CC2)c1. The number of hydrogen-bond donors (Lipinski definition) is 0. The minimum Gasteiger partial charge on any atom is -0.337 e. The first-order valence-electron chi connectivity index (χ1n) is 8.52. The van der Waals surface area contributed by atoms with Crippen molar-refractivity contribution < 1.29 is 9.18 Å².